The van der Waals surface area contributed by atoms with E-state index in [1.54, 1.807) is 30.3 Å². The molecule has 0 amide bonds. The first-order valence-corrected chi connectivity index (χ1v) is 4.65. The lowest BCUT2D eigenvalue weighted by Gasteiger charge is -2.27. The molecule has 14 heavy (non-hydrogen) atoms. The van der Waals surface area contributed by atoms with Gasteiger partial charge in [0.15, 0.2) is 0 Å². The van der Waals surface area contributed by atoms with E-state index < -0.39 is 24.5 Å². The molecule has 1 heterocycles. The van der Waals surface area contributed by atoms with Crippen LogP contribution in [0.3, 0.4) is 0 Å². The fourth-order valence-electron chi connectivity index (χ4n) is 1.21. The van der Waals surface area contributed by atoms with Crippen molar-refractivity contribution in [2.24, 2.45) is 5.89 Å². The van der Waals surface area contributed by atoms with Gasteiger partial charge in [-0.1, -0.05) is 41.9 Å². The predicted molar refractivity (Wildman–Crippen MR) is 59.3 cm³/mol. The third-order valence-corrected chi connectivity index (χ3v) is 2.04. The first-order chi connectivity index (χ1) is 9.55. The molecule has 3 atom stereocenters. The average Bonchev–Trinajstić information content (AvgIpc) is 2.44. The molecular weight excluding hydrogens is 196 g/mol. The van der Waals surface area contributed by atoms with E-state index in [4.69, 9.17) is 21.3 Å². The van der Waals surface area contributed by atoms with Crippen LogP contribution in [0.25, 0.3) is 0 Å². The van der Waals surface area contributed by atoms with Crippen molar-refractivity contribution in [2.45, 2.75) is 12.0 Å². The van der Waals surface area contributed by atoms with Crippen molar-refractivity contribution in [3.05, 3.63) is 35.9 Å². The van der Waals surface area contributed by atoms with E-state index in [1.165, 1.54) is 0 Å². The van der Waals surface area contributed by atoms with E-state index in [0.717, 1.165) is 0 Å². The highest BCUT2D eigenvalue weighted by Crippen LogP contribution is 2.10. The Morgan fingerprint density at radius 3 is 3.07 bits per heavy atom. The van der Waals surface area contributed by atoms with Gasteiger partial charge < -0.3 is 0 Å². The van der Waals surface area contributed by atoms with Crippen molar-refractivity contribution in [3.63, 3.8) is 0 Å². The van der Waals surface area contributed by atoms with Crippen LogP contribution in [-0.2, 0) is 6.42 Å². The molecule has 2 rings (SSSR count). The molecule has 1 aromatic carbocycles. The van der Waals surface area contributed by atoms with Crippen LogP contribution in [0, 0.1) is 5.89 Å². The third-order valence-electron chi connectivity index (χ3n) is 1.86. The summed E-state index contributed by atoms with van der Waals surface area (Å²) in [4.78, 5) is 0. The molecule has 1 aliphatic heterocycles. The van der Waals surface area contributed by atoms with Crippen molar-refractivity contribution in [1.29, 1.82) is 0 Å². The van der Waals surface area contributed by atoms with Crippen molar-refractivity contribution in [2.75, 3.05) is 13.0 Å². The minimum atomic E-state index is -2.67. The Labute approximate surface area is 99.6 Å². The van der Waals surface area contributed by atoms with Crippen molar-refractivity contribution in [1.82, 2.24) is 10.6 Å². The second kappa shape index (κ2) is 4.78. The summed E-state index contributed by atoms with van der Waals surface area (Å²) in [6, 6.07) is 8.59. The Kier molecular flexibility index (Phi) is 1.54. The maximum Gasteiger partial charge on any atom is 0.135 e. The van der Waals surface area contributed by atoms with Gasteiger partial charge in [0.25, 0.3) is 0 Å². The van der Waals surface area contributed by atoms with E-state index in [2.05, 4.69) is 0 Å². The van der Waals surface area contributed by atoms with E-state index in [1.807, 2.05) is 0 Å². The highest BCUT2D eigenvalue weighted by atomic mass is 35.5. The van der Waals surface area contributed by atoms with Crippen molar-refractivity contribution < 1.29 is 9.68 Å². The third kappa shape index (κ3) is 2.71. The number of nitrogens with one attached hydrogen (secondary N) is 2. The Morgan fingerprint density at radius 1 is 1.50 bits per heavy atom. The van der Waals surface area contributed by atoms with Gasteiger partial charge in [-0.2, -0.15) is 0 Å². The zero-order valence-corrected chi connectivity index (χ0v) is 8.20. The van der Waals surface area contributed by atoms with Crippen molar-refractivity contribution >= 4 is 11.6 Å². The molecule has 1 fully saturated rings. The fraction of sp³-hybridized carbons (Fsp3) is 0.455. The Hall–Kier alpha value is -0.570. The lowest BCUT2D eigenvalue weighted by Crippen LogP contribution is -2.50. The molecule has 0 saturated carbocycles. The number of halogens is 1. The normalized spacial score (nSPS) is 56.9. The average molecular weight is 218 g/mol. The van der Waals surface area contributed by atoms with Gasteiger partial charge in [0.05, 0.1) is 1.37 Å². The van der Waals surface area contributed by atoms with Crippen LogP contribution in [0.2, 0.25) is 2.82 Å². The molecule has 1 aromatic rings. The Bertz CT molecular complexity index is 515. The van der Waals surface area contributed by atoms with E-state index in [-0.39, 0.29) is 17.0 Å². The van der Waals surface area contributed by atoms with Gasteiger partial charge in [-0.25, -0.2) is 0 Å². The van der Waals surface area contributed by atoms with E-state index in [0.29, 0.717) is 5.56 Å². The topological polar surface area (TPSA) is 24.1 Å². The van der Waals surface area contributed by atoms with Crippen LogP contribution in [0.5, 0.6) is 0 Å². The van der Waals surface area contributed by atoms with Gasteiger partial charge in [0.1, 0.15) is 8.42 Å². The van der Waals surface area contributed by atoms with Gasteiger partial charge in [-0.05, 0) is 17.9 Å². The minimum Gasteiger partial charge on any atom is -0.289 e. The second-order valence-corrected chi connectivity index (χ2v) is 3.28. The first kappa shape index (κ1) is 4.52. The number of hydrogen-bond donors (Lipinski definition) is 2. The summed E-state index contributed by atoms with van der Waals surface area (Å²) in [6.07, 6.45) is -0.174. The van der Waals surface area contributed by atoms with Crippen LogP contribution < -0.4 is 10.6 Å². The molecule has 1 saturated heterocycles. The molecule has 2 N–H and O–H groups in total. The Balaban J connectivity index is 2.45. The van der Waals surface area contributed by atoms with Gasteiger partial charge in [0, 0.05) is 18.5 Å². The van der Waals surface area contributed by atoms with E-state index in [9.17, 15) is 0 Å². The van der Waals surface area contributed by atoms with Crippen LogP contribution in [-0.4, -0.2) is 18.6 Å². The summed E-state index contributed by atoms with van der Waals surface area (Å²) in [5.41, 5.74) is -1.94. The Morgan fingerprint density at radius 2 is 2.29 bits per heavy atom. The summed E-state index contributed by atoms with van der Waals surface area (Å²) >= 11 is 5.68. The maximum absolute atomic E-state index is 8.38. The molecule has 3 heteroatoms. The van der Waals surface area contributed by atoms with Crippen LogP contribution in [0.15, 0.2) is 30.3 Å². The quantitative estimate of drug-likeness (QED) is 0.581. The minimum absolute atomic E-state index is 0.0650. The molecule has 76 valence electrons. The van der Waals surface area contributed by atoms with Crippen LogP contribution in [0.4, 0.5) is 0 Å². The summed E-state index contributed by atoms with van der Waals surface area (Å²) in [6.45, 7) is -4.39. The zero-order valence-electron chi connectivity index (χ0n) is 14.4. The smallest absolute Gasteiger partial charge is 0.135 e. The zero-order chi connectivity index (χ0) is 16.1. The predicted octanol–water partition coefficient (Wildman–Crippen LogP) is 1.56. The van der Waals surface area contributed by atoms with Crippen LogP contribution in [0.1, 0.15) is 12.4 Å². The lowest BCUT2D eigenvalue weighted by atomic mass is 9.98. The van der Waals surface area contributed by atoms with E-state index >= 15 is 0 Å². The molecular formula is C11H15ClN2. The molecule has 0 radical (unpaired) electrons. The SMILES string of the molecule is [2H]C1N([2H])C([2H])(Cl)N([2H])C([2H])([2H])C1([2H])Cc1ccccc1. The summed E-state index contributed by atoms with van der Waals surface area (Å²) in [5.74, 6) is -2.14. The van der Waals surface area contributed by atoms with Gasteiger partial charge >= 0.3 is 0 Å². The molecule has 3 unspecified atom stereocenters. The summed E-state index contributed by atoms with van der Waals surface area (Å²) < 4.78 is 55.4. The first-order valence-electron chi connectivity index (χ1n) is 7.75. The standard InChI is InChI=1S/C11H15ClN2/c12-11-13-7-10(8-14-11)6-9-4-2-1-3-5-9/h1-5,10-11,13-14H,6-8H2/i7D,8D2,10D,11D/hD2. The monoisotopic (exact) mass is 217 g/mol. The molecule has 1 aliphatic rings. The van der Waals surface area contributed by atoms with Crippen molar-refractivity contribution in [3.8, 4) is 0 Å². The second-order valence-electron chi connectivity index (χ2n) is 2.94. The van der Waals surface area contributed by atoms with Gasteiger partial charge in [-0.15, -0.1) is 0 Å². The van der Waals surface area contributed by atoms with Gasteiger partial charge in [-0.3, -0.25) is 10.6 Å². The highest BCUT2D eigenvalue weighted by molar-refractivity contribution is 6.20. The summed E-state index contributed by atoms with van der Waals surface area (Å²) in [7, 11) is 0. The highest BCUT2D eigenvalue weighted by Gasteiger charge is 2.17. The molecule has 0 spiro atoms. The molecule has 0 aliphatic carbocycles. The lowest BCUT2D eigenvalue weighted by molar-refractivity contribution is 0.348. The van der Waals surface area contributed by atoms with Crippen LogP contribution >= 0.6 is 11.6 Å². The summed E-state index contributed by atoms with van der Waals surface area (Å²) in [5, 5.41) is 0.328. The number of alkyl halides is 1. The number of rotatable bonds is 2. The molecule has 2 nitrogen and oxygen atoms in total. The van der Waals surface area contributed by atoms with Gasteiger partial charge in [0.2, 0.25) is 0 Å². The molecule has 0 bridgehead atoms. The number of hydrogen-bond acceptors (Lipinski definition) is 2. The molecule has 0 aromatic heterocycles. The number of benzene rings is 1. The maximum atomic E-state index is 8.38. The largest absolute Gasteiger partial charge is 0.289 e. The fourth-order valence-corrected chi connectivity index (χ4v) is 1.30.